The van der Waals surface area contributed by atoms with Crippen LogP contribution in [0.1, 0.15) is 56.2 Å². The number of furan rings is 1. The van der Waals surface area contributed by atoms with E-state index in [0.717, 1.165) is 61.3 Å². The van der Waals surface area contributed by atoms with Crippen LogP contribution in [0, 0.1) is 19.1 Å². The Morgan fingerprint density at radius 2 is 1.43 bits per heavy atom. The molecule has 293 valence electrons. The van der Waals surface area contributed by atoms with Gasteiger partial charge in [-0.1, -0.05) is 114 Å². The van der Waals surface area contributed by atoms with Crippen molar-refractivity contribution in [2.45, 2.75) is 66.1 Å². The van der Waals surface area contributed by atoms with Gasteiger partial charge >= 0.3 is 0 Å². The van der Waals surface area contributed by atoms with Crippen LogP contribution in [0.2, 0.25) is 19.6 Å². The van der Waals surface area contributed by atoms with E-state index in [1.165, 1.54) is 33.1 Å². The summed E-state index contributed by atoms with van der Waals surface area (Å²) in [4.78, 5) is 14.4. The molecule has 0 saturated carbocycles. The van der Waals surface area contributed by atoms with Crippen molar-refractivity contribution in [1.29, 1.82) is 0 Å². The van der Waals surface area contributed by atoms with Gasteiger partial charge in [0, 0.05) is 38.2 Å². The summed E-state index contributed by atoms with van der Waals surface area (Å²) in [5.41, 5.74) is 14.6. The van der Waals surface area contributed by atoms with E-state index < -0.39 is 8.07 Å². The fourth-order valence-corrected chi connectivity index (χ4v) is 8.58. The predicted octanol–water partition coefficient (Wildman–Crippen LogP) is 13.1. The fraction of sp³-hybridized carbons (Fsp3) is 0.196. The van der Waals surface area contributed by atoms with Crippen molar-refractivity contribution in [3.63, 3.8) is 0 Å². The normalized spacial score (nSPS) is 11.6. The minimum atomic E-state index is -1.23. The molecular weight excluding hydrogens is 905 g/mol. The van der Waals surface area contributed by atoms with Crippen LogP contribution in [0.4, 0.5) is 0 Å². The van der Waals surface area contributed by atoms with Crippen LogP contribution in [0.3, 0.4) is 0 Å². The van der Waals surface area contributed by atoms with Gasteiger partial charge in [-0.05, 0) is 86.8 Å². The second-order valence-corrected chi connectivity index (χ2v) is 21.5. The van der Waals surface area contributed by atoms with Gasteiger partial charge in [0.1, 0.15) is 5.58 Å². The first-order valence-electron chi connectivity index (χ1n) is 19.8. The van der Waals surface area contributed by atoms with E-state index in [9.17, 15) is 0 Å². The third-order valence-corrected chi connectivity index (χ3v) is 12.7. The Kier molecular flexibility index (Phi) is 11.8. The molecule has 4 heterocycles. The second kappa shape index (κ2) is 16.8. The monoisotopic (exact) mass is 953 g/mol. The molecule has 0 amide bonds. The molecule has 58 heavy (non-hydrogen) atoms. The zero-order chi connectivity index (χ0) is 39.8. The first kappa shape index (κ1) is 40.7. The molecule has 5 aromatic carbocycles. The van der Waals surface area contributed by atoms with Crippen LogP contribution in [0.15, 0.2) is 138 Å². The van der Waals surface area contributed by atoms with Crippen molar-refractivity contribution >= 4 is 46.4 Å². The van der Waals surface area contributed by atoms with Gasteiger partial charge in [0.05, 0.1) is 36.0 Å². The maximum atomic E-state index is 6.49. The van der Waals surface area contributed by atoms with Crippen LogP contribution in [0.5, 0.6) is 0 Å². The minimum Gasteiger partial charge on any atom is -0.499 e. The number of pyridine rings is 2. The summed E-state index contributed by atoms with van der Waals surface area (Å²) in [7, 11) is -1.23. The van der Waals surface area contributed by atoms with Crippen molar-refractivity contribution in [1.82, 2.24) is 19.5 Å². The zero-order valence-corrected chi connectivity index (χ0v) is 37.8. The number of fused-ring (bicyclic) bond motifs is 4. The van der Waals surface area contributed by atoms with E-state index in [1.807, 2.05) is 60.9 Å². The summed E-state index contributed by atoms with van der Waals surface area (Å²) >= 11 is 0. The average molecular weight is 953 g/mol. The smallest absolute Gasteiger partial charge is 0.139 e. The van der Waals surface area contributed by atoms with Gasteiger partial charge in [-0.15, -0.1) is 53.6 Å². The van der Waals surface area contributed by atoms with E-state index in [2.05, 4.69) is 154 Å². The standard InChI is InChI=1S/C37H32N3O.C14H16NSi.Ir/c1-22(2)28-20-26(25-12-7-6-8-13-25)21-29(23(3)4)35(28)40-31-15-10-9-14-30(31)39-37(40)27-18-17-24(5)33-34-32(41-36(27)33)16-11-19-38-34;1-16(2,3)13-9-10-14(15-11-13)12-7-5-4-6-8-12;/h6-17,19-23H,1-5H3;4-7,9-11H,1-3H3;/q2*-1;. The molecule has 9 rings (SSSR count). The van der Waals surface area contributed by atoms with Gasteiger partial charge in [-0.3, -0.25) is 9.97 Å². The van der Waals surface area contributed by atoms with Crippen molar-refractivity contribution in [2.24, 2.45) is 0 Å². The number of rotatable bonds is 7. The number of hydrogen-bond acceptors (Lipinski definition) is 4. The average Bonchev–Trinajstić information content (AvgIpc) is 3.81. The van der Waals surface area contributed by atoms with Crippen molar-refractivity contribution < 1.29 is 24.5 Å². The maximum absolute atomic E-state index is 6.49. The molecule has 4 aromatic heterocycles. The first-order chi connectivity index (χ1) is 27.5. The number of hydrogen-bond donors (Lipinski definition) is 0. The van der Waals surface area contributed by atoms with E-state index in [-0.39, 0.29) is 31.9 Å². The third-order valence-electron chi connectivity index (χ3n) is 10.6. The largest absolute Gasteiger partial charge is 0.499 e. The van der Waals surface area contributed by atoms with Gasteiger partial charge in [-0.25, -0.2) is 0 Å². The van der Waals surface area contributed by atoms with E-state index in [4.69, 9.17) is 9.40 Å². The molecule has 0 aliphatic rings. The second-order valence-electron chi connectivity index (χ2n) is 16.4. The van der Waals surface area contributed by atoms with Gasteiger partial charge in [-0.2, -0.15) is 0 Å². The molecule has 0 spiro atoms. The van der Waals surface area contributed by atoms with Crippen molar-refractivity contribution in [2.75, 3.05) is 0 Å². The van der Waals surface area contributed by atoms with Gasteiger partial charge in [0.25, 0.3) is 0 Å². The Labute approximate surface area is 356 Å². The van der Waals surface area contributed by atoms with Crippen molar-refractivity contribution in [3.05, 3.63) is 163 Å². The number of benzene rings is 5. The molecule has 7 heteroatoms. The number of para-hydroxylation sites is 2. The van der Waals surface area contributed by atoms with Crippen LogP contribution < -0.4 is 5.19 Å². The summed E-state index contributed by atoms with van der Waals surface area (Å²) in [5.74, 6) is 1.40. The minimum absolute atomic E-state index is 0. The van der Waals surface area contributed by atoms with Crippen LogP contribution >= 0.6 is 0 Å². The first-order valence-corrected chi connectivity index (χ1v) is 23.3. The van der Waals surface area contributed by atoms with E-state index in [0.29, 0.717) is 0 Å². The molecule has 0 N–H and O–H groups in total. The molecule has 0 fully saturated rings. The zero-order valence-electron chi connectivity index (χ0n) is 34.4. The van der Waals surface area contributed by atoms with E-state index in [1.54, 1.807) is 0 Å². The molecule has 5 nitrogen and oxygen atoms in total. The Balaban J connectivity index is 0.000000254. The molecule has 0 atom stereocenters. The van der Waals surface area contributed by atoms with Gasteiger partial charge in [0.15, 0.2) is 0 Å². The SMILES string of the molecule is C[Si](C)(C)c1ccc(-c2[c-]cccc2)nc1.Cc1c[c-]c(-c2nc3ccccc3n2-c2c(C(C)C)cc(-c3ccccc3)cc2C(C)C)c2oc3cccnc3c12.[Ir]. The molecule has 0 bridgehead atoms. The number of aromatic nitrogens is 4. The van der Waals surface area contributed by atoms with E-state index >= 15 is 0 Å². The van der Waals surface area contributed by atoms with Crippen LogP contribution in [0.25, 0.3) is 72.6 Å². The summed E-state index contributed by atoms with van der Waals surface area (Å²) in [6.45, 7) is 18.2. The fourth-order valence-electron chi connectivity index (χ4n) is 7.54. The molecule has 0 aliphatic carbocycles. The quantitative estimate of drug-likeness (QED) is 0.118. The Hall–Kier alpha value is -5.46. The predicted molar refractivity (Wildman–Crippen MR) is 240 cm³/mol. The summed E-state index contributed by atoms with van der Waals surface area (Å²) in [6.07, 6.45) is 3.84. The number of imidazole rings is 1. The van der Waals surface area contributed by atoms with Gasteiger partial charge < -0.3 is 14.0 Å². The Morgan fingerprint density at radius 3 is 2.09 bits per heavy atom. The summed E-state index contributed by atoms with van der Waals surface area (Å²) in [5, 5.41) is 2.41. The molecule has 0 aliphatic heterocycles. The number of aryl methyl sites for hydroxylation is 1. The summed E-state index contributed by atoms with van der Waals surface area (Å²) in [6, 6.07) is 48.7. The molecule has 9 aromatic rings. The number of nitrogens with zero attached hydrogens (tertiary/aromatic N) is 4. The molecule has 1 radical (unpaired) electrons. The summed E-state index contributed by atoms with van der Waals surface area (Å²) < 4.78 is 8.83. The molecule has 0 unspecified atom stereocenters. The maximum Gasteiger partial charge on any atom is 0.139 e. The van der Waals surface area contributed by atoms with Crippen LogP contribution in [-0.4, -0.2) is 27.6 Å². The van der Waals surface area contributed by atoms with Crippen LogP contribution in [-0.2, 0) is 20.1 Å². The third kappa shape index (κ3) is 7.87. The Bertz CT molecular complexity index is 2810. The van der Waals surface area contributed by atoms with Crippen molar-refractivity contribution in [3.8, 4) is 39.5 Å². The Morgan fingerprint density at radius 1 is 0.724 bits per heavy atom. The topological polar surface area (TPSA) is 56.7 Å². The van der Waals surface area contributed by atoms with Gasteiger partial charge in [0.2, 0.25) is 0 Å². The molecular formula is C51H48IrN4OSi-2. The molecule has 0 saturated heterocycles.